The molecule has 0 aromatic heterocycles. The molecule has 0 amide bonds. The predicted molar refractivity (Wildman–Crippen MR) is 92.4 cm³/mol. The molecule has 0 saturated heterocycles. The fourth-order valence-electron chi connectivity index (χ4n) is 5.74. The summed E-state index contributed by atoms with van der Waals surface area (Å²) in [6, 6.07) is 16.2. The van der Waals surface area contributed by atoms with Crippen molar-refractivity contribution in [1.82, 2.24) is 0 Å². The molecule has 3 nitrogen and oxygen atoms in total. The van der Waals surface area contributed by atoms with Gasteiger partial charge in [-0.1, -0.05) is 55.5 Å². The number of carbonyl (C=O) groups is 3. The molecule has 2 aromatic rings. The standard InChI is InChI=1S/C22H18O3/c1-11(23)16-20(24)19-17-12-7-3-5-9-14(12)18(22(19,2)21(16)25)15-10-6-4-8-13(15)17/h3-10,16-19H,1-2H3/t16-,17?,18?,19-,22-/m1/s1. The zero-order chi connectivity index (χ0) is 17.5. The van der Waals surface area contributed by atoms with E-state index in [4.69, 9.17) is 0 Å². The lowest BCUT2D eigenvalue weighted by atomic mass is 9.48. The first-order chi connectivity index (χ1) is 12.0. The average molecular weight is 330 g/mol. The Morgan fingerprint density at radius 1 is 0.880 bits per heavy atom. The van der Waals surface area contributed by atoms with Gasteiger partial charge in [-0.25, -0.2) is 0 Å². The summed E-state index contributed by atoms with van der Waals surface area (Å²) in [4.78, 5) is 38.5. The molecule has 1 saturated carbocycles. The Morgan fingerprint density at radius 3 is 1.84 bits per heavy atom. The van der Waals surface area contributed by atoms with Gasteiger partial charge in [0.15, 0.2) is 11.6 Å². The topological polar surface area (TPSA) is 51.2 Å². The Bertz CT molecular complexity index is 925. The van der Waals surface area contributed by atoms with Crippen molar-refractivity contribution < 1.29 is 14.4 Å². The zero-order valence-corrected chi connectivity index (χ0v) is 14.2. The van der Waals surface area contributed by atoms with Crippen LogP contribution in [0.4, 0.5) is 0 Å². The van der Waals surface area contributed by atoms with Gasteiger partial charge in [0.1, 0.15) is 11.7 Å². The van der Waals surface area contributed by atoms with Crippen LogP contribution in [-0.2, 0) is 14.4 Å². The van der Waals surface area contributed by atoms with E-state index in [0.717, 1.165) is 22.3 Å². The highest BCUT2D eigenvalue weighted by molar-refractivity contribution is 6.27. The van der Waals surface area contributed by atoms with Gasteiger partial charge in [-0.3, -0.25) is 14.4 Å². The molecule has 124 valence electrons. The lowest BCUT2D eigenvalue weighted by Gasteiger charge is -2.52. The minimum atomic E-state index is -1.09. The van der Waals surface area contributed by atoms with E-state index in [1.165, 1.54) is 6.92 Å². The summed E-state index contributed by atoms with van der Waals surface area (Å²) in [7, 11) is 0. The molecule has 0 N–H and O–H groups in total. The van der Waals surface area contributed by atoms with Gasteiger partial charge in [0.25, 0.3) is 0 Å². The van der Waals surface area contributed by atoms with Crippen molar-refractivity contribution in [2.75, 3.05) is 0 Å². The molecule has 4 aliphatic carbocycles. The number of Topliss-reactive ketones (excluding diaryl/α,β-unsaturated/α-hetero) is 3. The van der Waals surface area contributed by atoms with E-state index >= 15 is 0 Å². The van der Waals surface area contributed by atoms with Crippen molar-refractivity contribution in [3.63, 3.8) is 0 Å². The number of benzene rings is 2. The first-order valence-electron chi connectivity index (χ1n) is 8.74. The van der Waals surface area contributed by atoms with E-state index in [1.54, 1.807) is 0 Å². The van der Waals surface area contributed by atoms with Crippen LogP contribution in [0.1, 0.15) is 47.9 Å². The van der Waals surface area contributed by atoms with Crippen molar-refractivity contribution in [2.45, 2.75) is 25.7 Å². The molecule has 2 bridgehead atoms. The minimum absolute atomic E-state index is 0.136. The highest BCUT2D eigenvalue weighted by Crippen LogP contribution is 2.67. The minimum Gasteiger partial charge on any atom is -0.299 e. The molecule has 0 radical (unpaired) electrons. The second-order valence-electron chi connectivity index (χ2n) is 7.74. The number of ketones is 3. The summed E-state index contributed by atoms with van der Waals surface area (Å²) < 4.78 is 0. The fraction of sp³-hybridized carbons (Fsp3) is 0.318. The molecular formula is C22H18O3. The molecule has 2 aromatic carbocycles. The van der Waals surface area contributed by atoms with Gasteiger partial charge >= 0.3 is 0 Å². The molecule has 4 aliphatic rings. The third-order valence-corrected chi connectivity index (χ3v) is 6.65. The number of rotatable bonds is 1. The van der Waals surface area contributed by atoms with E-state index in [2.05, 4.69) is 24.3 Å². The molecule has 0 heterocycles. The van der Waals surface area contributed by atoms with Gasteiger partial charge in [0.05, 0.1) is 0 Å². The lowest BCUT2D eigenvalue weighted by molar-refractivity contribution is -0.137. The van der Waals surface area contributed by atoms with Gasteiger partial charge in [-0.05, 0) is 29.2 Å². The van der Waals surface area contributed by atoms with Gasteiger partial charge < -0.3 is 0 Å². The zero-order valence-electron chi connectivity index (χ0n) is 14.2. The molecule has 25 heavy (non-hydrogen) atoms. The first kappa shape index (κ1) is 14.8. The largest absolute Gasteiger partial charge is 0.299 e. The average Bonchev–Trinajstić information content (AvgIpc) is 2.81. The maximum absolute atomic E-state index is 13.3. The number of carbonyl (C=O) groups excluding carboxylic acids is 3. The lowest BCUT2D eigenvalue weighted by Crippen LogP contribution is -2.49. The SMILES string of the molecule is CC(=O)[C@@H]1C(=O)[C@H]2C3c4ccccc4C(c4ccccc43)[C@@]2(C)C1=O. The summed E-state index contributed by atoms with van der Waals surface area (Å²) in [5.41, 5.74) is 3.71. The highest BCUT2D eigenvalue weighted by atomic mass is 16.2. The van der Waals surface area contributed by atoms with Crippen LogP contribution in [0, 0.1) is 17.3 Å². The van der Waals surface area contributed by atoms with Gasteiger partial charge in [0.2, 0.25) is 0 Å². The monoisotopic (exact) mass is 330 g/mol. The molecule has 0 aliphatic heterocycles. The van der Waals surface area contributed by atoms with Gasteiger partial charge in [-0.15, -0.1) is 0 Å². The van der Waals surface area contributed by atoms with Crippen molar-refractivity contribution in [3.8, 4) is 0 Å². The molecular weight excluding hydrogens is 312 g/mol. The fourth-order valence-corrected chi connectivity index (χ4v) is 5.74. The molecule has 0 spiro atoms. The second kappa shape index (κ2) is 4.54. The van der Waals surface area contributed by atoms with Crippen LogP contribution in [0.5, 0.6) is 0 Å². The molecule has 1 fully saturated rings. The summed E-state index contributed by atoms with van der Waals surface area (Å²) >= 11 is 0. The van der Waals surface area contributed by atoms with Gasteiger partial charge in [0, 0.05) is 23.2 Å². The highest BCUT2D eigenvalue weighted by Gasteiger charge is 2.69. The molecule has 0 unspecified atom stereocenters. The Hall–Kier alpha value is -2.55. The van der Waals surface area contributed by atoms with E-state index in [9.17, 15) is 14.4 Å². The maximum atomic E-state index is 13.3. The van der Waals surface area contributed by atoms with Crippen LogP contribution in [0.3, 0.4) is 0 Å². The summed E-state index contributed by atoms with van der Waals surface area (Å²) in [5, 5.41) is 0. The Morgan fingerprint density at radius 2 is 1.36 bits per heavy atom. The van der Waals surface area contributed by atoms with Crippen molar-refractivity contribution in [1.29, 1.82) is 0 Å². The van der Waals surface area contributed by atoms with E-state index < -0.39 is 17.3 Å². The van der Waals surface area contributed by atoms with Crippen LogP contribution in [-0.4, -0.2) is 17.3 Å². The summed E-state index contributed by atoms with van der Waals surface area (Å²) in [6.07, 6.45) is 0. The summed E-state index contributed by atoms with van der Waals surface area (Å²) in [5.74, 6) is -2.52. The first-order valence-corrected chi connectivity index (χ1v) is 8.74. The third-order valence-electron chi connectivity index (χ3n) is 6.65. The van der Waals surface area contributed by atoms with Crippen LogP contribution >= 0.6 is 0 Å². The number of hydrogen-bond donors (Lipinski definition) is 0. The Kier molecular flexibility index (Phi) is 2.68. The van der Waals surface area contributed by atoms with Crippen LogP contribution in [0.25, 0.3) is 0 Å². The normalized spacial score (nSPS) is 34.5. The van der Waals surface area contributed by atoms with Gasteiger partial charge in [-0.2, -0.15) is 0 Å². The van der Waals surface area contributed by atoms with E-state index in [1.807, 2.05) is 31.2 Å². The molecule has 3 atom stereocenters. The maximum Gasteiger partial charge on any atom is 0.158 e. The van der Waals surface area contributed by atoms with Crippen molar-refractivity contribution >= 4 is 17.3 Å². The second-order valence-corrected chi connectivity index (χ2v) is 7.74. The summed E-state index contributed by atoms with van der Waals surface area (Å²) in [6.45, 7) is 3.27. The van der Waals surface area contributed by atoms with Crippen LogP contribution < -0.4 is 0 Å². The third kappa shape index (κ3) is 1.50. The van der Waals surface area contributed by atoms with Crippen LogP contribution in [0.15, 0.2) is 48.5 Å². The van der Waals surface area contributed by atoms with Crippen molar-refractivity contribution in [3.05, 3.63) is 70.8 Å². The van der Waals surface area contributed by atoms with E-state index in [0.29, 0.717) is 0 Å². The molecule has 3 heteroatoms. The predicted octanol–water partition coefficient (Wildman–Crippen LogP) is 3.26. The van der Waals surface area contributed by atoms with E-state index in [-0.39, 0.29) is 29.2 Å². The smallest absolute Gasteiger partial charge is 0.158 e. The number of hydrogen-bond acceptors (Lipinski definition) is 3. The Labute approximate surface area is 146 Å². The quantitative estimate of drug-likeness (QED) is 0.754. The van der Waals surface area contributed by atoms with Crippen LogP contribution in [0.2, 0.25) is 0 Å². The molecule has 6 rings (SSSR count). The Balaban J connectivity index is 1.87. The van der Waals surface area contributed by atoms with Crippen molar-refractivity contribution in [2.24, 2.45) is 17.3 Å².